The minimum Gasteiger partial charge on any atom is -0.497 e. The molecule has 3 aromatic rings. The minimum atomic E-state index is -1.24. The van der Waals surface area contributed by atoms with Gasteiger partial charge in [-0.2, -0.15) is 0 Å². The number of anilines is 1. The lowest BCUT2D eigenvalue weighted by Crippen LogP contribution is -2.49. The van der Waals surface area contributed by atoms with E-state index in [4.69, 9.17) is 23.9 Å². The van der Waals surface area contributed by atoms with Crippen LogP contribution in [0.25, 0.3) is 11.0 Å². The maximum atomic E-state index is 11.9. The second-order valence-electron chi connectivity index (χ2n) is 14.8. The average Bonchev–Trinajstić information content (AvgIpc) is 3.63. The largest absolute Gasteiger partial charge is 0.497 e. The molecule has 11 heteroatoms. The fourth-order valence-electron chi connectivity index (χ4n) is 8.07. The first-order valence-corrected chi connectivity index (χ1v) is 18.2. The second kappa shape index (κ2) is 15.6. The lowest BCUT2D eigenvalue weighted by atomic mass is 9.75. The van der Waals surface area contributed by atoms with Gasteiger partial charge in [-0.05, 0) is 102 Å². The Bertz CT molecular complexity index is 1550. The van der Waals surface area contributed by atoms with Crippen LogP contribution < -0.4 is 14.8 Å². The molecule has 1 aromatic carbocycles. The Kier molecular flexibility index (Phi) is 11.3. The number of hydrogen-bond acceptors (Lipinski definition) is 10. The molecule has 0 radical (unpaired) electrons. The zero-order valence-corrected chi connectivity index (χ0v) is 29.9. The molecule has 3 atom stereocenters. The zero-order chi connectivity index (χ0) is 34.5. The maximum absolute atomic E-state index is 11.9. The van der Waals surface area contributed by atoms with Crippen LogP contribution in [0.15, 0.2) is 36.8 Å². The number of methoxy groups -OCH3 is 2. The number of fused-ring (bicyclic) bond motifs is 1. The molecule has 3 saturated carbocycles. The van der Waals surface area contributed by atoms with Crippen LogP contribution in [0.4, 0.5) is 5.82 Å². The van der Waals surface area contributed by atoms with Crippen molar-refractivity contribution in [2.24, 2.45) is 17.8 Å². The van der Waals surface area contributed by atoms with Crippen molar-refractivity contribution in [3.63, 3.8) is 0 Å². The third-order valence-electron chi connectivity index (χ3n) is 10.8. The summed E-state index contributed by atoms with van der Waals surface area (Å²) in [5, 5.41) is 15.2. The first kappa shape index (κ1) is 35.4. The first-order valence-electron chi connectivity index (χ1n) is 18.2. The third-order valence-corrected chi connectivity index (χ3v) is 10.8. The number of carbonyl (C=O) groups is 1. The summed E-state index contributed by atoms with van der Waals surface area (Å²) < 4.78 is 24.7. The molecule has 3 unspecified atom stereocenters. The Balaban J connectivity index is 1.16. The van der Waals surface area contributed by atoms with Gasteiger partial charge in [-0.15, -0.1) is 0 Å². The highest BCUT2D eigenvalue weighted by Crippen LogP contribution is 2.44. The molecule has 0 saturated heterocycles. The van der Waals surface area contributed by atoms with E-state index < -0.39 is 5.79 Å². The second-order valence-corrected chi connectivity index (χ2v) is 14.8. The van der Waals surface area contributed by atoms with Crippen molar-refractivity contribution >= 4 is 22.8 Å². The lowest BCUT2D eigenvalue weighted by Gasteiger charge is -2.46. The minimum absolute atomic E-state index is 0.0302. The van der Waals surface area contributed by atoms with Crippen LogP contribution in [0, 0.1) is 17.8 Å². The van der Waals surface area contributed by atoms with Crippen molar-refractivity contribution < 1.29 is 28.8 Å². The molecule has 3 aliphatic carbocycles. The van der Waals surface area contributed by atoms with Crippen LogP contribution in [0.2, 0.25) is 0 Å². The van der Waals surface area contributed by atoms with E-state index in [2.05, 4.69) is 32.0 Å². The van der Waals surface area contributed by atoms with Gasteiger partial charge in [0.25, 0.3) is 0 Å². The number of esters is 1. The molecule has 3 fully saturated rings. The monoisotopic (exact) mass is 677 g/mol. The molecular weight excluding hydrogens is 622 g/mol. The van der Waals surface area contributed by atoms with E-state index in [0.717, 1.165) is 85.0 Å². The van der Waals surface area contributed by atoms with E-state index in [1.165, 1.54) is 19.3 Å². The van der Waals surface area contributed by atoms with Crippen molar-refractivity contribution in [2.75, 3.05) is 39.2 Å². The van der Waals surface area contributed by atoms with E-state index in [0.29, 0.717) is 37.5 Å². The van der Waals surface area contributed by atoms with Gasteiger partial charge in [0.2, 0.25) is 0 Å². The number of nitrogens with zero attached hydrogens (tertiary/aromatic N) is 4. The summed E-state index contributed by atoms with van der Waals surface area (Å²) in [6, 6.07) is 8.47. The lowest BCUT2D eigenvalue weighted by molar-refractivity contribution is -0.211. The van der Waals surface area contributed by atoms with Gasteiger partial charge in [0.1, 0.15) is 29.3 Å². The Morgan fingerprint density at radius 3 is 2.53 bits per heavy atom. The van der Waals surface area contributed by atoms with Crippen LogP contribution in [-0.2, 0) is 20.8 Å². The van der Waals surface area contributed by atoms with Crippen LogP contribution >= 0.6 is 0 Å². The Hall–Kier alpha value is -3.41. The molecule has 3 aliphatic rings. The first-order chi connectivity index (χ1) is 23.6. The third kappa shape index (κ3) is 8.67. The molecule has 0 bridgehead atoms. The van der Waals surface area contributed by atoms with Gasteiger partial charge < -0.3 is 33.9 Å². The average molecular weight is 678 g/mol. The van der Waals surface area contributed by atoms with Crippen LogP contribution in [0.5, 0.6) is 11.5 Å². The number of rotatable bonds is 17. The van der Waals surface area contributed by atoms with E-state index >= 15 is 0 Å². The summed E-state index contributed by atoms with van der Waals surface area (Å²) >= 11 is 0. The SMILES string of the molecule is CCOC(=O)CCC1CC(N(CC2CCC2)CC2CC(OC(C)(C)O)C(n3ccc4c(NCc5ccc(OC)cc5OC)ncnc43)C2)C1. The predicted molar refractivity (Wildman–Crippen MR) is 189 cm³/mol. The van der Waals surface area contributed by atoms with E-state index in [-0.39, 0.29) is 18.1 Å². The fourth-order valence-corrected chi connectivity index (χ4v) is 8.07. The highest BCUT2D eigenvalue weighted by atomic mass is 16.6. The summed E-state index contributed by atoms with van der Waals surface area (Å²) in [6.45, 7) is 8.46. The molecule has 2 N–H and O–H groups in total. The molecule has 11 nitrogen and oxygen atoms in total. The molecule has 6 rings (SSSR count). The van der Waals surface area contributed by atoms with E-state index in [1.54, 1.807) is 34.4 Å². The number of ether oxygens (including phenoxy) is 4. The van der Waals surface area contributed by atoms with E-state index in [1.807, 2.05) is 25.1 Å². The standard InChI is InChI=1S/C38H55N5O6/c1-6-48-35(44)13-10-26-16-29(17-26)42(22-25-8-7-9-25)23-27-18-32(34(19-27)49-38(2,3)45)43-15-14-31-36(40-24-41-37(31)43)39-21-28-11-12-30(46-4)20-33(28)47-5/h11-12,14-15,20,24-27,29,32,34,45H,6-10,13,16-19,21-23H2,1-5H3,(H,39,40,41). The van der Waals surface area contributed by atoms with Crippen LogP contribution in [0.3, 0.4) is 0 Å². The Labute approximate surface area is 290 Å². The summed E-state index contributed by atoms with van der Waals surface area (Å²) in [6.07, 6.45) is 13.1. The molecule has 0 amide bonds. The number of nitrogens with one attached hydrogen (secondary N) is 1. The van der Waals surface area contributed by atoms with E-state index in [9.17, 15) is 9.90 Å². The Morgan fingerprint density at radius 1 is 1.04 bits per heavy atom. The van der Waals surface area contributed by atoms with Gasteiger partial charge >= 0.3 is 5.97 Å². The highest BCUT2D eigenvalue weighted by molar-refractivity contribution is 5.87. The van der Waals surface area contributed by atoms with Crippen LogP contribution in [-0.4, -0.2) is 82.4 Å². The molecular formula is C38H55N5O6. The molecule has 0 aliphatic heterocycles. The van der Waals surface area contributed by atoms with Gasteiger partial charge in [-0.3, -0.25) is 9.69 Å². The van der Waals surface area contributed by atoms with Crippen molar-refractivity contribution in [2.45, 2.75) is 109 Å². The molecule has 2 aromatic heterocycles. The number of carbonyl (C=O) groups excluding carboxylic acids is 1. The molecule has 0 spiro atoms. The molecule has 2 heterocycles. The van der Waals surface area contributed by atoms with Crippen molar-refractivity contribution in [3.8, 4) is 11.5 Å². The predicted octanol–water partition coefficient (Wildman–Crippen LogP) is 6.35. The van der Waals surface area contributed by atoms with Crippen molar-refractivity contribution in [3.05, 3.63) is 42.4 Å². The van der Waals surface area contributed by atoms with Gasteiger partial charge in [0, 0.05) is 49.9 Å². The topological polar surface area (TPSA) is 120 Å². The molecule has 49 heavy (non-hydrogen) atoms. The van der Waals surface area contributed by atoms with Gasteiger partial charge in [0.05, 0.1) is 38.4 Å². The summed E-state index contributed by atoms with van der Waals surface area (Å²) in [7, 11) is 3.30. The zero-order valence-electron chi connectivity index (χ0n) is 29.9. The van der Waals surface area contributed by atoms with Crippen LogP contribution in [0.1, 0.15) is 90.2 Å². The van der Waals surface area contributed by atoms with Gasteiger partial charge in [-0.1, -0.05) is 6.42 Å². The smallest absolute Gasteiger partial charge is 0.305 e. The maximum Gasteiger partial charge on any atom is 0.305 e. The van der Waals surface area contributed by atoms with Crippen molar-refractivity contribution in [1.29, 1.82) is 0 Å². The van der Waals surface area contributed by atoms with Gasteiger partial charge in [-0.25, -0.2) is 9.97 Å². The molecule has 268 valence electrons. The summed E-state index contributed by atoms with van der Waals surface area (Å²) in [5.74, 6) is 2.74. The number of aliphatic hydroxyl groups is 1. The fraction of sp³-hybridized carbons (Fsp3) is 0.658. The summed E-state index contributed by atoms with van der Waals surface area (Å²) in [5.41, 5.74) is 1.85. The Morgan fingerprint density at radius 2 is 1.84 bits per heavy atom. The van der Waals surface area contributed by atoms with Crippen molar-refractivity contribution in [1.82, 2.24) is 19.4 Å². The highest BCUT2D eigenvalue weighted by Gasteiger charge is 2.42. The summed E-state index contributed by atoms with van der Waals surface area (Å²) in [4.78, 5) is 24.0. The van der Waals surface area contributed by atoms with Gasteiger partial charge in [0.15, 0.2) is 5.79 Å². The number of hydrogen-bond donors (Lipinski definition) is 2. The normalized spacial score (nSPS) is 24.1. The number of aromatic nitrogens is 3. The number of benzene rings is 1. The quantitative estimate of drug-likeness (QED) is 0.124.